The van der Waals surface area contributed by atoms with E-state index in [1.807, 2.05) is 80.6 Å². The molecule has 0 spiro atoms. The molecule has 0 bridgehead atoms. The van der Waals surface area contributed by atoms with E-state index in [0.717, 1.165) is 25.1 Å². The second kappa shape index (κ2) is 11.5. The minimum absolute atomic E-state index is 0.0475. The van der Waals surface area contributed by atoms with Gasteiger partial charge >= 0.3 is 0 Å². The van der Waals surface area contributed by atoms with Gasteiger partial charge in [0.05, 0.1) is 30.1 Å². The Balaban J connectivity index is 1.80. The number of benzene rings is 4. The summed E-state index contributed by atoms with van der Waals surface area (Å²) in [5.41, 5.74) is 1.35. The number of phenolic OH excluding ortho intramolecular Hbond substituents is 1. The lowest BCUT2D eigenvalue weighted by Gasteiger charge is -2.20. The Morgan fingerprint density at radius 1 is 0.629 bits per heavy atom. The van der Waals surface area contributed by atoms with Crippen molar-refractivity contribution in [3.63, 3.8) is 0 Å². The summed E-state index contributed by atoms with van der Waals surface area (Å²) in [4.78, 5) is 3.92. The monoisotopic (exact) mass is 504 g/mol. The molecule has 0 saturated heterocycles. The van der Waals surface area contributed by atoms with Crippen molar-refractivity contribution >= 4 is 23.5 Å². The van der Waals surface area contributed by atoms with Crippen LogP contribution in [0.2, 0.25) is 0 Å². The number of ether oxygens (including phenoxy) is 3. The summed E-state index contributed by atoms with van der Waals surface area (Å²) in [5.74, 6) is 2.18. The van der Waals surface area contributed by atoms with Crippen LogP contribution in [-0.2, 0) is 0 Å². The number of rotatable bonds is 9. The van der Waals surface area contributed by atoms with Crippen molar-refractivity contribution < 1.29 is 19.3 Å². The highest BCUT2D eigenvalue weighted by molar-refractivity contribution is 7.99. The molecular formula is C29H28O4S2. The van der Waals surface area contributed by atoms with Crippen molar-refractivity contribution in [3.05, 3.63) is 84.9 Å². The number of hydrogen-bond donors (Lipinski definition) is 1. The third-order valence-corrected chi connectivity index (χ3v) is 7.24. The van der Waals surface area contributed by atoms with Gasteiger partial charge < -0.3 is 19.3 Å². The summed E-state index contributed by atoms with van der Waals surface area (Å²) in [6, 6.07) is 27.6. The van der Waals surface area contributed by atoms with E-state index >= 15 is 0 Å². The van der Waals surface area contributed by atoms with E-state index in [9.17, 15) is 5.11 Å². The normalized spacial score (nSPS) is 10.9. The van der Waals surface area contributed by atoms with E-state index in [0.29, 0.717) is 22.8 Å². The first kappa shape index (κ1) is 24.9. The summed E-state index contributed by atoms with van der Waals surface area (Å²) in [7, 11) is 3.29. The first-order valence-electron chi connectivity index (χ1n) is 11.2. The van der Waals surface area contributed by atoms with Crippen molar-refractivity contribution in [1.82, 2.24) is 0 Å². The second-order valence-electron chi connectivity index (χ2n) is 8.02. The molecule has 4 rings (SSSR count). The zero-order chi connectivity index (χ0) is 24.8. The maximum Gasteiger partial charge on any atom is 0.133 e. The molecule has 0 amide bonds. The molecule has 6 heteroatoms. The van der Waals surface area contributed by atoms with Crippen LogP contribution in [-0.4, -0.2) is 25.4 Å². The zero-order valence-corrected chi connectivity index (χ0v) is 21.8. The van der Waals surface area contributed by atoms with Gasteiger partial charge in [-0.2, -0.15) is 0 Å². The summed E-state index contributed by atoms with van der Waals surface area (Å²) in [6.07, 6.45) is -0.0475. The molecule has 1 N–H and O–H groups in total. The van der Waals surface area contributed by atoms with Gasteiger partial charge in [0.25, 0.3) is 0 Å². The molecule has 0 heterocycles. The van der Waals surface area contributed by atoms with Crippen molar-refractivity contribution in [3.8, 4) is 34.1 Å². The number of hydrogen-bond acceptors (Lipinski definition) is 6. The van der Waals surface area contributed by atoms with Crippen LogP contribution in [0.1, 0.15) is 13.8 Å². The maximum absolute atomic E-state index is 11.1. The predicted octanol–water partition coefficient (Wildman–Crippen LogP) is 8.17. The molecule has 35 heavy (non-hydrogen) atoms. The van der Waals surface area contributed by atoms with Crippen molar-refractivity contribution in [1.29, 1.82) is 0 Å². The van der Waals surface area contributed by atoms with Crippen molar-refractivity contribution in [2.24, 2.45) is 0 Å². The molecule has 4 aromatic carbocycles. The van der Waals surface area contributed by atoms with Gasteiger partial charge in [0.2, 0.25) is 0 Å². The van der Waals surface area contributed by atoms with Gasteiger partial charge in [-0.15, -0.1) is 0 Å². The standard InChI is InChI=1S/C29H28O4S2/c1-19(2)33-25-18-29(35-21-13-9-6-10-14-21)27(32-4)16-23(25)22-15-26(31-3)28(17-24(22)30)34-20-11-7-5-8-12-20/h5-19,30H,1-4H3. The van der Waals surface area contributed by atoms with Crippen LogP contribution >= 0.6 is 23.5 Å². The molecule has 0 radical (unpaired) electrons. The lowest BCUT2D eigenvalue weighted by Crippen LogP contribution is -2.07. The fourth-order valence-electron chi connectivity index (χ4n) is 3.58. The average molecular weight is 505 g/mol. The highest BCUT2D eigenvalue weighted by atomic mass is 32.2. The minimum Gasteiger partial charge on any atom is -0.507 e. The van der Waals surface area contributed by atoms with E-state index in [1.165, 1.54) is 11.8 Å². The molecule has 0 aliphatic rings. The van der Waals surface area contributed by atoms with Crippen LogP contribution < -0.4 is 14.2 Å². The summed E-state index contributed by atoms with van der Waals surface area (Å²) in [5, 5.41) is 11.1. The lowest BCUT2D eigenvalue weighted by atomic mass is 10.0. The van der Waals surface area contributed by atoms with Gasteiger partial charge in [0, 0.05) is 20.9 Å². The maximum atomic E-state index is 11.1. The summed E-state index contributed by atoms with van der Waals surface area (Å²) < 4.78 is 17.7. The third-order valence-electron chi connectivity index (χ3n) is 5.14. The molecule has 0 saturated carbocycles. The van der Waals surface area contributed by atoms with E-state index in [2.05, 4.69) is 12.1 Å². The number of methoxy groups -OCH3 is 2. The van der Waals surface area contributed by atoms with Gasteiger partial charge in [0.1, 0.15) is 23.0 Å². The number of phenols is 1. The van der Waals surface area contributed by atoms with Crippen LogP contribution in [0.3, 0.4) is 0 Å². The Hall–Kier alpha value is -3.22. The van der Waals surface area contributed by atoms with Gasteiger partial charge in [-0.3, -0.25) is 0 Å². The minimum atomic E-state index is -0.0475. The smallest absolute Gasteiger partial charge is 0.133 e. The highest BCUT2D eigenvalue weighted by Gasteiger charge is 2.20. The molecule has 0 aliphatic heterocycles. The van der Waals surface area contributed by atoms with E-state index in [1.54, 1.807) is 32.0 Å². The first-order valence-corrected chi connectivity index (χ1v) is 12.9. The molecule has 4 nitrogen and oxygen atoms in total. The Morgan fingerprint density at radius 3 is 1.60 bits per heavy atom. The third kappa shape index (κ3) is 6.08. The van der Waals surface area contributed by atoms with Crippen LogP contribution in [0.15, 0.2) is 105 Å². The Bertz CT molecular complexity index is 1280. The fourth-order valence-corrected chi connectivity index (χ4v) is 5.49. The summed E-state index contributed by atoms with van der Waals surface area (Å²) in [6.45, 7) is 3.97. The van der Waals surface area contributed by atoms with Crippen LogP contribution in [0.4, 0.5) is 0 Å². The predicted molar refractivity (Wildman–Crippen MR) is 144 cm³/mol. The molecule has 0 fully saturated rings. The summed E-state index contributed by atoms with van der Waals surface area (Å²) >= 11 is 3.14. The van der Waals surface area contributed by atoms with Crippen LogP contribution in [0.25, 0.3) is 11.1 Å². The SMILES string of the molecule is COc1cc(-c2cc(OC)c(Sc3ccccc3)cc2OC(C)C)c(O)cc1Sc1ccccc1. The van der Waals surface area contributed by atoms with Gasteiger partial charge in [-0.1, -0.05) is 59.9 Å². The molecule has 0 aromatic heterocycles. The van der Waals surface area contributed by atoms with E-state index in [-0.39, 0.29) is 11.9 Å². The van der Waals surface area contributed by atoms with Crippen molar-refractivity contribution in [2.45, 2.75) is 39.5 Å². The average Bonchev–Trinajstić information content (AvgIpc) is 2.86. The topological polar surface area (TPSA) is 47.9 Å². The quantitative estimate of drug-likeness (QED) is 0.248. The van der Waals surface area contributed by atoms with Gasteiger partial charge in [0.15, 0.2) is 0 Å². The highest BCUT2D eigenvalue weighted by Crippen LogP contribution is 2.48. The molecule has 180 valence electrons. The van der Waals surface area contributed by atoms with E-state index < -0.39 is 0 Å². The fraction of sp³-hybridized carbons (Fsp3) is 0.172. The van der Waals surface area contributed by atoms with E-state index in [4.69, 9.17) is 14.2 Å². The molecule has 0 aliphatic carbocycles. The number of aromatic hydroxyl groups is 1. The Kier molecular flexibility index (Phi) is 8.16. The van der Waals surface area contributed by atoms with Gasteiger partial charge in [-0.05, 0) is 62.4 Å². The molecule has 0 unspecified atom stereocenters. The second-order valence-corrected chi connectivity index (χ2v) is 10.2. The molecular weight excluding hydrogens is 476 g/mol. The molecule has 0 atom stereocenters. The lowest BCUT2D eigenvalue weighted by molar-refractivity contribution is 0.242. The first-order chi connectivity index (χ1) is 17.0. The van der Waals surface area contributed by atoms with Crippen LogP contribution in [0.5, 0.6) is 23.0 Å². The van der Waals surface area contributed by atoms with Crippen molar-refractivity contribution in [2.75, 3.05) is 14.2 Å². The molecule has 4 aromatic rings. The van der Waals surface area contributed by atoms with Gasteiger partial charge in [-0.25, -0.2) is 0 Å². The zero-order valence-electron chi connectivity index (χ0n) is 20.1. The Morgan fingerprint density at radius 2 is 1.11 bits per heavy atom. The largest absolute Gasteiger partial charge is 0.507 e. The van der Waals surface area contributed by atoms with Crippen LogP contribution in [0, 0.1) is 0 Å². The Labute approximate surface area is 215 Å².